The van der Waals surface area contributed by atoms with Gasteiger partial charge in [0.05, 0.1) is 12.3 Å². The normalized spacial score (nSPS) is 12.2. The van der Waals surface area contributed by atoms with E-state index in [2.05, 4.69) is 29.2 Å². The van der Waals surface area contributed by atoms with Crippen molar-refractivity contribution in [3.8, 4) is 0 Å². The van der Waals surface area contributed by atoms with Crippen LogP contribution in [-0.2, 0) is 22.9 Å². The summed E-state index contributed by atoms with van der Waals surface area (Å²) in [5.74, 6) is 1.25. The van der Waals surface area contributed by atoms with Gasteiger partial charge in [0.25, 0.3) is 0 Å². The average Bonchev–Trinajstić information content (AvgIpc) is 2.74. The minimum atomic E-state index is -2.89. The lowest BCUT2D eigenvalue weighted by atomic mass is 10.4. The van der Waals surface area contributed by atoms with Gasteiger partial charge in [0.2, 0.25) is 0 Å². The minimum absolute atomic E-state index is 0.201. The SMILES string of the molecule is CCS(=O)(=O)CCCn1ncnc1CNC(C)C. The molecule has 18 heavy (non-hydrogen) atoms. The van der Waals surface area contributed by atoms with Crippen LogP contribution in [0.5, 0.6) is 0 Å². The third-order valence-electron chi connectivity index (χ3n) is 2.63. The maximum Gasteiger partial charge on any atom is 0.150 e. The molecular formula is C11H22N4O2S. The molecule has 0 saturated carbocycles. The van der Waals surface area contributed by atoms with Crippen LogP contribution in [0.4, 0.5) is 0 Å². The Kier molecular flexibility index (Phi) is 5.74. The Bertz CT molecular complexity index is 453. The highest BCUT2D eigenvalue weighted by molar-refractivity contribution is 7.91. The summed E-state index contributed by atoms with van der Waals surface area (Å²) in [5.41, 5.74) is 0. The standard InChI is InChI=1S/C11H22N4O2S/c1-4-18(16,17)7-5-6-15-11(13-9-14-15)8-12-10(2)3/h9-10,12H,4-8H2,1-3H3. The Morgan fingerprint density at radius 3 is 2.78 bits per heavy atom. The topological polar surface area (TPSA) is 76.9 Å². The number of aromatic nitrogens is 3. The molecule has 0 atom stereocenters. The van der Waals surface area contributed by atoms with Gasteiger partial charge < -0.3 is 5.32 Å². The molecule has 7 heteroatoms. The van der Waals surface area contributed by atoms with Gasteiger partial charge in [-0.1, -0.05) is 20.8 Å². The van der Waals surface area contributed by atoms with Gasteiger partial charge in [0, 0.05) is 18.3 Å². The summed E-state index contributed by atoms with van der Waals surface area (Å²) in [6, 6.07) is 0.385. The number of hydrogen-bond donors (Lipinski definition) is 1. The predicted octanol–water partition coefficient (Wildman–Crippen LogP) is 0.601. The smallest absolute Gasteiger partial charge is 0.150 e. The van der Waals surface area contributed by atoms with E-state index in [4.69, 9.17) is 0 Å². The highest BCUT2D eigenvalue weighted by Crippen LogP contribution is 2.00. The van der Waals surface area contributed by atoms with Crippen LogP contribution in [0.2, 0.25) is 0 Å². The molecule has 1 aromatic heterocycles. The number of rotatable bonds is 8. The zero-order chi connectivity index (χ0) is 13.6. The number of nitrogens with one attached hydrogen (secondary N) is 1. The third kappa shape index (κ3) is 5.14. The van der Waals surface area contributed by atoms with Crippen molar-refractivity contribution in [3.05, 3.63) is 12.2 Å². The molecule has 0 bridgehead atoms. The summed E-state index contributed by atoms with van der Waals surface area (Å²) in [4.78, 5) is 4.16. The monoisotopic (exact) mass is 274 g/mol. The van der Waals surface area contributed by atoms with Crippen LogP contribution in [-0.4, -0.2) is 40.7 Å². The fourth-order valence-corrected chi connectivity index (χ4v) is 2.34. The lowest BCUT2D eigenvalue weighted by Crippen LogP contribution is -2.24. The number of sulfone groups is 1. The fraction of sp³-hybridized carbons (Fsp3) is 0.818. The van der Waals surface area contributed by atoms with Crippen molar-refractivity contribution < 1.29 is 8.42 Å². The van der Waals surface area contributed by atoms with E-state index < -0.39 is 9.84 Å². The first kappa shape index (κ1) is 15.1. The molecule has 0 spiro atoms. The lowest BCUT2D eigenvalue weighted by molar-refractivity contribution is 0.514. The van der Waals surface area contributed by atoms with Gasteiger partial charge in [-0.25, -0.2) is 18.1 Å². The summed E-state index contributed by atoms with van der Waals surface area (Å²) < 4.78 is 24.5. The van der Waals surface area contributed by atoms with Gasteiger partial charge in [-0.2, -0.15) is 5.10 Å². The van der Waals surface area contributed by atoms with Crippen LogP contribution in [0, 0.1) is 0 Å². The second kappa shape index (κ2) is 6.84. The van der Waals surface area contributed by atoms with Crippen molar-refractivity contribution >= 4 is 9.84 Å². The molecule has 6 nitrogen and oxygen atoms in total. The van der Waals surface area contributed by atoms with Gasteiger partial charge in [0.15, 0.2) is 0 Å². The lowest BCUT2D eigenvalue weighted by Gasteiger charge is -2.09. The van der Waals surface area contributed by atoms with E-state index in [1.54, 1.807) is 11.6 Å². The van der Waals surface area contributed by atoms with Crippen molar-refractivity contribution in [1.82, 2.24) is 20.1 Å². The third-order valence-corrected chi connectivity index (χ3v) is 4.42. The van der Waals surface area contributed by atoms with Crippen molar-refractivity contribution in [2.24, 2.45) is 0 Å². The minimum Gasteiger partial charge on any atom is -0.308 e. The van der Waals surface area contributed by atoms with Gasteiger partial charge in [-0.15, -0.1) is 0 Å². The molecule has 0 aliphatic rings. The summed E-state index contributed by atoms with van der Waals surface area (Å²) in [7, 11) is -2.89. The molecule has 0 aliphatic heterocycles. The fourth-order valence-electron chi connectivity index (χ4n) is 1.49. The van der Waals surface area contributed by atoms with E-state index in [0.717, 1.165) is 5.82 Å². The second-order valence-electron chi connectivity index (χ2n) is 4.52. The average molecular weight is 274 g/mol. The van der Waals surface area contributed by atoms with E-state index in [9.17, 15) is 8.42 Å². The molecule has 0 aromatic carbocycles. The van der Waals surface area contributed by atoms with Crippen LogP contribution in [0.1, 0.15) is 33.0 Å². The zero-order valence-corrected chi connectivity index (χ0v) is 12.1. The molecule has 104 valence electrons. The van der Waals surface area contributed by atoms with Crippen LogP contribution >= 0.6 is 0 Å². The predicted molar refractivity (Wildman–Crippen MR) is 70.9 cm³/mol. The van der Waals surface area contributed by atoms with Crippen LogP contribution in [0.3, 0.4) is 0 Å². The molecule has 0 radical (unpaired) electrons. The van der Waals surface area contributed by atoms with Gasteiger partial charge >= 0.3 is 0 Å². The van der Waals surface area contributed by atoms with E-state index in [1.165, 1.54) is 6.33 Å². The summed E-state index contributed by atoms with van der Waals surface area (Å²) in [5, 5.41) is 7.37. The first-order chi connectivity index (χ1) is 8.44. The Hall–Kier alpha value is -0.950. The first-order valence-corrected chi connectivity index (χ1v) is 8.07. The Balaban J connectivity index is 2.45. The van der Waals surface area contributed by atoms with Gasteiger partial charge in [-0.05, 0) is 6.42 Å². The Morgan fingerprint density at radius 2 is 2.17 bits per heavy atom. The van der Waals surface area contributed by atoms with Gasteiger partial charge in [0.1, 0.15) is 22.0 Å². The van der Waals surface area contributed by atoms with Crippen molar-refractivity contribution in [3.63, 3.8) is 0 Å². The number of aryl methyl sites for hydroxylation is 1. The van der Waals surface area contributed by atoms with Crippen molar-refractivity contribution in [2.75, 3.05) is 11.5 Å². The van der Waals surface area contributed by atoms with Crippen LogP contribution in [0.25, 0.3) is 0 Å². The maximum atomic E-state index is 11.4. The molecule has 0 aliphatic carbocycles. The summed E-state index contributed by atoms with van der Waals surface area (Å²) >= 11 is 0. The molecule has 1 N–H and O–H groups in total. The molecule has 1 heterocycles. The maximum absolute atomic E-state index is 11.4. The van der Waals surface area contributed by atoms with E-state index >= 15 is 0 Å². The largest absolute Gasteiger partial charge is 0.308 e. The summed E-state index contributed by atoms with van der Waals surface area (Å²) in [6.07, 6.45) is 2.08. The zero-order valence-electron chi connectivity index (χ0n) is 11.3. The molecule has 0 fully saturated rings. The highest BCUT2D eigenvalue weighted by atomic mass is 32.2. The second-order valence-corrected chi connectivity index (χ2v) is 7.00. The van der Waals surface area contributed by atoms with E-state index in [1.807, 2.05) is 0 Å². The Morgan fingerprint density at radius 1 is 1.44 bits per heavy atom. The molecule has 0 unspecified atom stereocenters. The Labute approximate surface area is 109 Å². The summed E-state index contributed by atoms with van der Waals surface area (Å²) in [6.45, 7) is 7.04. The molecule has 0 amide bonds. The molecular weight excluding hydrogens is 252 g/mol. The first-order valence-electron chi connectivity index (χ1n) is 6.25. The molecule has 0 saturated heterocycles. The number of hydrogen-bond acceptors (Lipinski definition) is 5. The van der Waals surface area contributed by atoms with Crippen LogP contribution < -0.4 is 5.32 Å². The van der Waals surface area contributed by atoms with Crippen LogP contribution in [0.15, 0.2) is 6.33 Å². The van der Waals surface area contributed by atoms with Gasteiger partial charge in [-0.3, -0.25) is 0 Å². The van der Waals surface area contributed by atoms with Crippen molar-refractivity contribution in [2.45, 2.75) is 46.3 Å². The molecule has 1 rings (SSSR count). The highest BCUT2D eigenvalue weighted by Gasteiger charge is 2.09. The number of nitrogens with zero attached hydrogens (tertiary/aromatic N) is 3. The van der Waals surface area contributed by atoms with E-state index in [-0.39, 0.29) is 11.5 Å². The van der Waals surface area contributed by atoms with E-state index in [0.29, 0.717) is 25.6 Å². The quantitative estimate of drug-likeness (QED) is 0.751. The molecule has 1 aromatic rings. The van der Waals surface area contributed by atoms with Crippen molar-refractivity contribution in [1.29, 1.82) is 0 Å².